The van der Waals surface area contributed by atoms with Gasteiger partial charge in [-0.1, -0.05) is 18.2 Å². The number of hydrogen-bond donors (Lipinski definition) is 0. The lowest BCUT2D eigenvalue weighted by Gasteiger charge is -2.35. The minimum absolute atomic E-state index is 0.249. The second kappa shape index (κ2) is 7.99. The molecule has 0 unspecified atom stereocenters. The van der Waals surface area contributed by atoms with Crippen LogP contribution in [0.2, 0.25) is 0 Å². The molecule has 1 saturated heterocycles. The van der Waals surface area contributed by atoms with Gasteiger partial charge in [-0.25, -0.2) is 17.8 Å². The first-order valence-electron chi connectivity index (χ1n) is 9.81. The summed E-state index contributed by atoms with van der Waals surface area (Å²) in [4.78, 5) is 11.0. The molecule has 0 aliphatic carbocycles. The molecule has 1 aliphatic heterocycles. The van der Waals surface area contributed by atoms with Gasteiger partial charge in [0.25, 0.3) is 0 Å². The summed E-state index contributed by atoms with van der Waals surface area (Å²) < 4.78 is 41.2. The number of hydrogen-bond acceptors (Lipinski definition) is 6. The maximum Gasteiger partial charge on any atom is 0.246 e. The molecule has 5 rings (SSSR count). The largest absolute Gasteiger partial charge is 0.352 e. The van der Waals surface area contributed by atoms with Gasteiger partial charge in [0, 0.05) is 49.5 Å². The van der Waals surface area contributed by atoms with Crippen molar-refractivity contribution in [1.29, 1.82) is 0 Å². The number of aromatic nitrogens is 2. The molecule has 4 aromatic rings. The molecule has 0 radical (unpaired) electrons. The Balaban J connectivity index is 1.43. The maximum atomic E-state index is 14.1. The van der Waals surface area contributed by atoms with Crippen LogP contribution in [0.15, 0.2) is 70.5 Å². The third-order valence-corrected chi connectivity index (χ3v) is 8.07. The number of thiophene rings is 1. The standard InChI is InChI=1S/C22H19FN4O2S2/c23-19-5-1-2-6-20(19)31(28,29)27-11-9-26(10-12-27)22-21-17(4-3-8-24-21)18(14-25-22)16-7-13-30-15-16/h1-8,13-15H,9-12H2. The zero-order valence-corrected chi connectivity index (χ0v) is 18.1. The fourth-order valence-electron chi connectivity index (χ4n) is 3.87. The van der Waals surface area contributed by atoms with Gasteiger partial charge >= 0.3 is 0 Å². The van der Waals surface area contributed by atoms with Crippen molar-refractivity contribution in [2.75, 3.05) is 31.1 Å². The highest BCUT2D eigenvalue weighted by molar-refractivity contribution is 7.89. The Morgan fingerprint density at radius 1 is 0.968 bits per heavy atom. The highest BCUT2D eigenvalue weighted by Gasteiger charge is 2.31. The van der Waals surface area contributed by atoms with E-state index in [1.54, 1.807) is 17.5 Å². The van der Waals surface area contributed by atoms with E-state index >= 15 is 0 Å². The van der Waals surface area contributed by atoms with Crippen molar-refractivity contribution in [3.05, 3.63) is 71.4 Å². The van der Waals surface area contributed by atoms with E-state index in [4.69, 9.17) is 0 Å². The van der Waals surface area contributed by atoms with E-state index in [2.05, 4.69) is 21.4 Å². The van der Waals surface area contributed by atoms with E-state index in [0.29, 0.717) is 13.1 Å². The highest BCUT2D eigenvalue weighted by Crippen LogP contribution is 2.33. The van der Waals surface area contributed by atoms with Crippen molar-refractivity contribution in [3.8, 4) is 11.1 Å². The molecule has 1 aliphatic rings. The van der Waals surface area contributed by atoms with Crippen LogP contribution in [0.1, 0.15) is 0 Å². The molecule has 158 valence electrons. The summed E-state index contributed by atoms with van der Waals surface area (Å²) in [7, 11) is -3.88. The molecule has 0 atom stereocenters. The first-order valence-corrected chi connectivity index (χ1v) is 12.2. The van der Waals surface area contributed by atoms with Crippen LogP contribution in [0.4, 0.5) is 10.2 Å². The van der Waals surface area contributed by atoms with Gasteiger partial charge < -0.3 is 4.90 Å². The summed E-state index contributed by atoms with van der Waals surface area (Å²) in [5, 5.41) is 5.11. The first-order chi connectivity index (χ1) is 15.1. The summed E-state index contributed by atoms with van der Waals surface area (Å²) in [6.07, 6.45) is 3.59. The number of benzene rings is 1. The summed E-state index contributed by atoms with van der Waals surface area (Å²) in [6.45, 7) is 1.40. The molecule has 0 N–H and O–H groups in total. The van der Waals surface area contributed by atoms with Crippen LogP contribution >= 0.6 is 11.3 Å². The van der Waals surface area contributed by atoms with E-state index in [0.717, 1.165) is 27.8 Å². The molecular formula is C22H19FN4O2S2. The molecule has 3 aromatic heterocycles. The zero-order chi connectivity index (χ0) is 21.4. The van der Waals surface area contributed by atoms with Crippen LogP contribution in [-0.2, 0) is 10.0 Å². The van der Waals surface area contributed by atoms with Gasteiger partial charge in [-0.15, -0.1) is 0 Å². The summed E-state index contributed by atoms with van der Waals surface area (Å²) in [6, 6.07) is 11.5. The Labute approximate surface area is 183 Å². The van der Waals surface area contributed by atoms with Crippen molar-refractivity contribution in [2.24, 2.45) is 0 Å². The Bertz CT molecular complexity index is 1330. The molecule has 0 amide bonds. The van der Waals surface area contributed by atoms with E-state index in [1.165, 1.54) is 28.6 Å². The Morgan fingerprint density at radius 3 is 2.52 bits per heavy atom. The van der Waals surface area contributed by atoms with Crippen LogP contribution in [0.25, 0.3) is 22.0 Å². The van der Waals surface area contributed by atoms with E-state index in [-0.39, 0.29) is 18.0 Å². The van der Waals surface area contributed by atoms with Crippen molar-refractivity contribution in [1.82, 2.24) is 14.3 Å². The third kappa shape index (κ3) is 3.58. The van der Waals surface area contributed by atoms with Crippen LogP contribution in [0.5, 0.6) is 0 Å². The second-order valence-corrected chi connectivity index (χ2v) is 9.92. The fourth-order valence-corrected chi connectivity index (χ4v) is 6.01. The number of fused-ring (bicyclic) bond motifs is 1. The molecule has 9 heteroatoms. The van der Waals surface area contributed by atoms with Gasteiger partial charge in [0.15, 0.2) is 5.82 Å². The smallest absolute Gasteiger partial charge is 0.246 e. The predicted octanol–water partition coefficient (Wildman–Crippen LogP) is 4.01. The molecule has 0 spiro atoms. The van der Waals surface area contributed by atoms with E-state index in [9.17, 15) is 12.8 Å². The van der Waals surface area contributed by atoms with Crippen molar-refractivity contribution in [3.63, 3.8) is 0 Å². The Morgan fingerprint density at radius 2 is 1.77 bits per heavy atom. The average Bonchev–Trinajstić information content (AvgIpc) is 3.33. The maximum absolute atomic E-state index is 14.1. The molecule has 1 fully saturated rings. The lowest BCUT2D eigenvalue weighted by Crippen LogP contribution is -2.49. The van der Waals surface area contributed by atoms with Gasteiger partial charge in [-0.3, -0.25) is 4.98 Å². The van der Waals surface area contributed by atoms with Gasteiger partial charge in [0.05, 0.1) is 0 Å². The normalized spacial score (nSPS) is 15.5. The van der Waals surface area contributed by atoms with Gasteiger partial charge in [0.2, 0.25) is 10.0 Å². The number of nitrogens with zero attached hydrogens (tertiary/aromatic N) is 4. The molecule has 6 nitrogen and oxygen atoms in total. The van der Waals surface area contributed by atoms with Gasteiger partial charge in [-0.2, -0.15) is 15.6 Å². The summed E-state index contributed by atoms with van der Waals surface area (Å²) in [5.41, 5.74) is 2.91. The fraction of sp³-hybridized carbons (Fsp3) is 0.182. The molecule has 31 heavy (non-hydrogen) atoms. The quantitative estimate of drug-likeness (QED) is 0.466. The van der Waals surface area contributed by atoms with Gasteiger partial charge in [-0.05, 0) is 40.6 Å². The number of rotatable bonds is 4. The Kier molecular flexibility index (Phi) is 5.17. The molecule has 4 heterocycles. The monoisotopic (exact) mass is 454 g/mol. The lowest BCUT2D eigenvalue weighted by molar-refractivity contribution is 0.381. The van der Waals surface area contributed by atoms with Crippen LogP contribution in [0, 0.1) is 5.82 Å². The molecule has 0 bridgehead atoms. The second-order valence-electron chi connectivity index (χ2n) is 7.23. The van der Waals surface area contributed by atoms with Crippen LogP contribution < -0.4 is 4.90 Å². The Hall–Kier alpha value is -2.88. The SMILES string of the molecule is O=S(=O)(c1ccccc1F)N1CCN(c2ncc(-c3ccsc3)c3cccnc23)CC1. The lowest BCUT2D eigenvalue weighted by atomic mass is 10.1. The van der Waals surface area contributed by atoms with Crippen molar-refractivity contribution in [2.45, 2.75) is 4.90 Å². The van der Waals surface area contributed by atoms with Crippen molar-refractivity contribution < 1.29 is 12.8 Å². The topological polar surface area (TPSA) is 66.4 Å². The highest BCUT2D eigenvalue weighted by atomic mass is 32.2. The number of piperazine rings is 1. The van der Waals surface area contributed by atoms with E-state index < -0.39 is 15.8 Å². The molecule has 0 saturated carbocycles. The summed E-state index contributed by atoms with van der Waals surface area (Å²) in [5.74, 6) is 0.00308. The zero-order valence-electron chi connectivity index (χ0n) is 16.5. The number of anilines is 1. The summed E-state index contributed by atoms with van der Waals surface area (Å²) >= 11 is 1.63. The van der Waals surface area contributed by atoms with Crippen LogP contribution in [-0.4, -0.2) is 48.9 Å². The average molecular weight is 455 g/mol. The number of sulfonamides is 1. The minimum Gasteiger partial charge on any atom is -0.352 e. The minimum atomic E-state index is -3.88. The molecular weight excluding hydrogens is 435 g/mol. The number of halogens is 1. The third-order valence-electron chi connectivity index (χ3n) is 5.45. The van der Waals surface area contributed by atoms with Crippen LogP contribution in [0.3, 0.4) is 0 Å². The van der Waals surface area contributed by atoms with Crippen molar-refractivity contribution >= 4 is 38.1 Å². The first kappa shape index (κ1) is 20.0. The van der Waals surface area contributed by atoms with E-state index in [1.807, 2.05) is 28.6 Å². The predicted molar refractivity (Wildman–Crippen MR) is 120 cm³/mol. The number of pyridine rings is 2. The van der Waals surface area contributed by atoms with Gasteiger partial charge in [0.1, 0.15) is 16.2 Å². The molecule has 1 aromatic carbocycles.